The van der Waals surface area contributed by atoms with Crippen molar-refractivity contribution in [3.05, 3.63) is 63.1 Å². The molecule has 3 atom stereocenters. The van der Waals surface area contributed by atoms with Crippen LogP contribution in [0.2, 0.25) is 0 Å². The number of methoxy groups -OCH3 is 1. The predicted octanol–water partition coefficient (Wildman–Crippen LogP) is 3.46. The van der Waals surface area contributed by atoms with Crippen LogP contribution in [0, 0.1) is 34.3 Å². The fourth-order valence-electron chi connectivity index (χ4n) is 5.84. The monoisotopic (exact) mass is 575 g/mol. The van der Waals surface area contributed by atoms with Crippen molar-refractivity contribution in [2.45, 2.75) is 45.2 Å². The summed E-state index contributed by atoms with van der Waals surface area (Å²) < 4.78 is 33.6. The van der Waals surface area contributed by atoms with E-state index >= 15 is 0 Å². The molecule has 4 rings (SSSR count). The summed E-state index contributed by atoms with van der Waals surface area (Å²) in [7, 11) is 3.06. The summed E-state index contributed by atoms with van der Waals surface area (Å²) in [5.41, 5.74) is -2.25. The Labute approximate surface area is 233 Å². The number of esters is 1. The highest BCUT2D eigenvalue weighted by atomic mass is 32.2. The lowest BCUT2D eigenvalue weighted by Gasteiger charge is -2.57. The number of thioether (sulfide) groups is 1. The van der Waals surface area contributed by atoms with Crippen LogP contribution < -0.4 is 10.4 Å². The maximum absolute atomic E-state index is 14.1. The number of nitrogens with zero attached hydrogens (tertiary/aromatic N) is 3. The van der Waals surface area contributed by atoms with E-state index in [0.29, 0.717) is 37.1 Å². The second-order valence-corrected chi connectivity index (χ2v) is 11.2. The van der Waals surface area contributed by atoms with Crippen LogP contribution in [0.25, 0.3) is 0 Å². The number of rotatable bonds is 5. The number of hydrogen-bond donors (Lipinski definition) is 3. The fourth-order valence-corrected chi connectivity index (χ4v) is 6.57. The Bertz CT molecular complexity index is 1460. The van der Waals surface area contributed by atoms with Gasteiger partial charge in [-0.2, -0.15) is 0 Å². The quantitative estimate of drug-likeness (QED) is 0.282. The minimum absolute atomic E-state index is 0.0558. The molecule has 2 aromatic rings. The average molecular weight is 576 g/mol. The van der Waals surface area contributed by atoms with Gasteiger partial charge in [0.15, 0.2) is 11.4 Å². The molecule has 1 aromatic heterocycles. The molecule has 3 N–H and O–H groups in total. The minimum atomic E-state index is -0.943. The Kier molecular flexibility index (Phi) is 8.06. The van der Waals surface area contributed by atoms with Crippen molar-refractivity contribution in [1.82, 2.24) is 9.58 Å². The maximum atomic E-state index is 14.1. The maximum Gasteiger partial charge on any atom is 0.308 e. The molecular formula is C27H31F2N5O5S. The number of carbonyl (C=O) groups is 2. The summed E-state index contributed by atoms with van der Waals surface area (Å²) in [5, 5.41) is 28.8. The van der Waals surface area contributed by atoms with Crippen molar-refractivity contribution >= 4 is 33.7 Å². The van der Waals surface area contributed by atoms with Crippen molar-refractivity contribution < 1.29 is 28.2 Å². The van der Waals surface area contributed by atoms with E-state index < -0.39 is 34.4 Å². The van der Waals surface area contributed by atoms with Crippen LogP contribution in [0.1, 0.15) is 54.7 Å². The molecule has 2 heterocycles. The number of ether oxygens (including phenoxy) is 1. The van der Waals surface area contributed by atoms with Gasteiger partial charge in [0, 0.05) is 32.3 Å². The van der Waals surface area contributed by atoms with Gasteiger partial charge in [-0.05, 0) is 43.7 Å². The highest BCUT2D eigenvalue weighted by Gasteiger charge is 2.53. The number of halogens is 2. The Morgan fingerprint density at radius 2 is 1.98 bits per heavy atom. The second-order valence-electron chi connectivity index (χ2n) is 10.1. The van der Waals surface area contributed by atoms with E-state index in [-0.39, 0.29) is 57.7 Å². The summed E-state index contributed by atoms with van der Waals surface area (Å²) in [6.07, 6.45) is 2.37. The standard InChI is InChI=1S/C27H31F2N5O5S/c1-5-33-25(37)21-23(36)22(35)18(24(31)40-20(30)10-15-6-7-16(28)11-19(15)29)13-34(21)32(3)27(33)9-8-17(14(2)12-27)26(38)39-4/h6-7,11,13-14,17,30-31,36H,5,8-10,12H2,1-4H3/t14-,17-,27?/m1/s1. The first-order valence-corrected chi connectivity index (χ1v) is 13.6. The van der Waals surface area contributed by atoms with Crippen molar-refractivity contribution in [2.24, 2.45) is 11.8 Å². The van der Waals surface area contributed by atoms with Crippen molar-refractivity contribution in [1.29, 1.82) is 10.8 Å². The van der Waals surface area contributed by atoms with Gasteiger partial charge in [-0.1, -0.05) is 24.8 Å². The minimum Gasteiger partial charge on any atom is -0.502 e. The molecule has 0 bridgehead atoms. The predicted molar refractivity (Wildman–Crippen MR) is 147 cm³/mol. The molecule has 1 unspecified atom stereocenters. The lowest BCUT2D eigenvalue weighted by atomic mass is 9.73. The van der Waals surface area contributed by atoms with Crippen LogP contribution in [-0.4, -0.2) is 63.0 Å². The summed E-state index contributed by atoms with van der Waals surface area (Å²) in [5.74, 6) is -3.74. The first-order valence-electron chi connectivity index (χ1n) is 12.8. The Morgan fingerprint density at radius 3 is 2.58 bits per heavy atom. The molecule has 40 heavy (non-hydrogen) atoms. The molecular weight excluding hydrogens is 544 g/mol. The number of nitrogens with one attached hydrogen (secondary N) is 2. The molecule has 1 fully saturated rings. The van der Waals surface area contributed by atoms with Gasteiger partial charge >= 0.3 is 5.97 Å². The van der Waals surface area contributed by atoms with Crippen LogP contribution in [0.3, 0.4) is 0 Å². The molecule has 0 radical (unpaired) electrons. The van der Waals surface area contributed by atoms with E-state index in [1.807, 2.05) is 6.92 Å². The van der Waals surface area contributed by atoms with Crippen LogP contribution in [0.4, 0.5) is 8.78 Å². The molecule has 2 aliphatic rings. The Balaban J connectivity index is 1.68. The Hall–Kier alpha value is -3.74. The average Bonchev–Trinajstić information content (AvgIpc) is 2.90. The van der Waals surface area contributed by atoms with E-state index in [0.717, 1.165) is 6.07 Å². The lowest BCUT2D eigenvalue weighted by Crippen LogP contribution is -2.71. The van der Waals surface area contributed by atoms with Crippen molar-refractivity contribution in [3.8, 4) is 5.75 Å². The van der Waals surface area contributed by atoms with Crippen LogP contribution in [-0.2, 0) is 16.0 Å². The normalized spacial score (nSPS) is 22.3. The number of aromatic hydroxyl groups is 1. The summed E-state index contributed by atoms with van der Waals surface area (Å²) in [6, 6.07) is 2.98. The fraction of sp³-hybridized carbons (Fsp3) is 0.444. The Morgan fingerprint density at radius 1 is 1.27 bits per heavy atom. The van der Waals surface area contributed by atoms with Gasteiger partial charge in [-0.25, -0.2) is 8.78 Å². The smallest absolute Gasteiger partial charge is 0.308 e. The summed E-state index contributed by atoms with van der Waals surface area (Å²) in [6.45, 7) is 4.00. The van der Waals surface area contributed by atoms with Gasteiger partial charge in [-0.3, -0.25) is 34.9 Å². The largest absolute Gasteiger partial charge is 0.502 e. The van der Waals surface area contributed by atoms with Gasteiger partial charge in [0.1, 0.15) is 22.3 Å². The van der Waals surface area contributed by atoms with E-state index in [1.165, 1.54) is 24.0 Å². The number of amides is 1. The molecule has 214 valence electrons. The molecule has 0 saturated heterocycles. The van der Waals surface area contributed by atoms with E-state index in [2.05, 4.69) is 0 Å². The molecule has 1 aromatic carbocycles. The van der Waals surface area contributed by atoms with Gasteiger partial charge in [0.25, 0.3) is 5.91 Å². The second kappa shape index (κ2) is 11.0. The van der Waals surface area contributed by atoms with E-state index in [1.54, 1.807) is 23.9 Å². The third kappa shape index (κ3) is 4.87. The molecule has 1 spiro atoms. The number of benzene rings is 1. The lowest BCUT2D eigenvalue weighted by molar-refractivity contribution is -0.150. The first kappa shape index (κ1) is 29.2. The highest BCUT2D eigenvalue weighted by Crippen LogP contribution is 2.44. The molecule has 1 amide bonds. The molecule has 1 aliphatic heterocycles. The zero-order valence-corrected chi connectivity index (χ0v) is 23.4. The van der Waals surface area contributed by atoms with E-state index in [9.17, 15) is 28.3 Å². The molecule has 1 saturated carbocycles. The van der Waals surface area contributed by atoms with Crippen LogP contribution in [0.15, 0.2) is 29.2 Å². The third-order valence-corrected chi connectivity index (χ3v) is 8.70. The van der Waals surface area contributed by atoms with E-state index in [4.69, 9.17) is 15.6 Å². The van der Waals surface area contributed by atoms with Gasteiger partial charge in [0.05, 0.1) is 23.6 Å². The number of pyridine rings is 1. The zero-order chi connectivity index (χ0) is 29.5. The van der Waals surface area contributed by atoms with Crippen LogP contribution in [0.5, 0.6) is 5.75 Å². The number of fused-ring (bicyclic) bond motifs is 1. The van der Waals surface area contributed by atoms with Gasteiger partial charge in [-0.15, -0.1) is 0 Å². The molecule has 1 aliphatic carbocycles. The zero-order valence-electron chi connectivity index (χ0n) is 22.6. The SMILES string of the molecule is CCN1C(=O)c2c(O)c(=O)c(C(=N)SC(=N)Cc3ccc(F)cc3F)cn2N(C)C12CC[C@@H](C(=O)OC)[C@H](C)C2. The van der Waals surface area contributed by atoms with Crippen molar-refractivity contribution in [3.63, 3.8) is 0 Å². The van der Waals surface area contributed by atoms with Gasteiger partial charge < -0.3 is 14.7 Å². The van der Waals surface area contributed by atoms with Gasteiger partial charge in [0.2, 0.25) is 5.43 Å². The highest BCUT2D eigenvalue weighted by molar-refractivity contribution is 8.26. The van der Waals surface area contributed by atoms with Crippen LogP contribution >= 0.6 is 11.8 Å². The number of aromatic nitrogens is 1. The summed E-state index contributed by atoms with van der Waals surface area (Å²) >= 11 is 0.591. The third-order valence-electron chi connectivity index (χ3n) is 7.89. The first-order chi connectivity index (χ1) is 18.9. The topological polar surface area (TPSA) is 140 Å². The molecule has 10 nitrogen and oxygen atoms in total. The summed E-state index contributed by atoms with van der Waals surface area (Å²) in [4.78, 5) is 40.7. The molecule has 13 heteroatoms. The number of carbonyl (C=O) groups excluding carboxylic acids is 2. The number of hydrogen-bond acceptors (Lipinski definition) is 9. The van der Waals surface area contributed by atoms with Crippen molar-refractivity contribution in [2.75, 3.05) is 25.7 Å².